The molecule has 186 valence electrons. The zero-order valence-electron chi connectivity index (χ0n) is 19.5. The van der Waals surface area contributed by atoms with Crippen LogP contribution in [0.15, 0.2) is 0 Å². The van der Waals surface area contributed by atoms with E-state index in [-0.39, 0.29) is 36.8 Å². The number of anilines is 2. The largest absolute Gasteiger partial charge is 0.374 e. The number of nitrogens with one attached hydrogen (secondary N) is 2. The van der Waals surface area contributed by atoms with Crippen LogP contribution in [0.4, 0.5) is 16.0 Å². The van der Waals surface area contributed by atoms with Crippen molar-refractivity contribution in [2.75, 3.05) is 30.0 Å². The first kappa shape index (κ1) is 23.2. The van der Waals surface area contributed by atoms with E-state index in [0.29, 0.717) is 48.2 Å². The highest BCUT2D eigenvalue weighted by Gasteiger charge is 2.53. The molecule has 0 radical (unpaired) electrons. The summed E-state index contributed by atoms with van der Waals surface area (Å²) in [6.07, 6.45) is 7.79. The van der Waals surface area contributed by atoms with Gasteiger partial charge in [-0.1, -0.05) is 25.7 Å². The zero-order valence-corrected chi connectivity index (χ0v) is 19.5. The van der Waals surface area contributed by atoms with Crippen molar-refractivity contribution in [2.45, 2.75) is 64.1 Å². The summed E-state index contributed by atoms with van der Waals surface area (Å²) in [5.41, 5.74) is 5.17. The van der Waals surface area contributed by atoms with Gasteiger partial charge in [0.25, 0.3) is 0 Å². The van der Waals surface area contributed by atoms with E-state index in [4.69, 9.17) is 4.74 Å². The molecule has 4 fully saturated rings. The average molecular weight is 477 g/mol. The average Bonchev–Trinajstić information content (AvgIpc) is 3.61. The maximum absolute atomic E-state index is 15.4. The number of hydrogen-bond donors (Lipinski definition) is 3. The van der Waals surface area contributed by atoms with Crippen molar-refractivity contribution >= 4 is 24.0 Å². The van der Waals surface area contributed by atoms with Crippen molar-refractivity contribution in [3.05, 3.63) is 11.6 Å². The molecule has 3 aliphatic heterocycles. The van der Waals surface area contributed by atoms with Gasteiger partial charge in [-0.15, -0.1) is 0 Å². The Morgan fingerprint density at radius 2 is 1.91 bits per heavy atom. The quantitative estimate of drug-likeness (QED) is 0.281. The Hall–Kier alpha value is -2.53. The number of aryl methyl sites for hydroxylation is 1. The molecular weight excluding hydrogens is 443 g/mol. The highest BCUT2D eigenvalue weighted by Crippen LogP contribution is 2.48. The molecule has 5 atom stereocenters. The van der Waals surface area contributed by atoms with E-state index in [0.717, 1.165) is 38.5 Å². The number of rotatable bonds is 9. The second kappa shape index (κ2) is 9.61. The summed E-state index contributed by atoms with van der Waals surface area (Å²) in [5, 5.41) is 10.1. The van der Waals surface area contributed by atoms with Gasteiger partial charge in [0.05, 0.1) is 24.7 Å². The number of fused-ring (bicyclic) bond motifs is 5. The number of hydrogen-bond acceptors (Lipinski definition) is 8. The van der Waals surface area contributed by atoms with Crippen molar-refractivity contribution in [3.8, 4) is 0 Å². The van der Waals surface area contributed by atoms with Crippen LogP contribution in [-0.2, 0) is 14.3 Å². The lowest BCUT2D eigenvalue weighted by atomic mass is 9.82. The fourth-order valence-corrected chi connectivity index (χ4v) is 6.37. The Bertz CT molecular complexity index is 911. The Balaban J connectivity index is 1.26. The summed E-state index contributed by atoms with van der Waals surface area (Å²) in [6, 6.07) is 0. The molecule has 1 saturated carbocycles. The van der Waals surface area contributed by atoms with Crippen LogP contribution >= 0.6 is 0 Å². The molecule has 11 heteroatoms. The van der Waals surface area contributed by atoms with E-state index >= 15 is 4.39 Å². The lowest BCUT2D eigenvalue weighted by Gasteiger charge is -2.24. The number of halogens is 1. The summed E-state index contributed by atoms with van der Waals surface area (Å²) in [7, 11) is 0. The summed E-state index contributed by atoms with van der Waals surface area (Å²) in [5.74, 6) is 0.0670. The second-order valence-electron chi connectivity index (χ2n) is 10.2. The molecule has 3 N–H and O–H groups in total. The molecule has 1 aliphatic carbocycles. The normalized spacial score (nSPS) is 28.7. The van der Waals surface area contributed by atoms with Crippen LogP contribution in [0, 0.1) is 36.4 Å². The van der Waals surface area contributed by atoms with E-state index in [1.807, 2.05) is 4.90 Å². The molecule has 10 nitrogen and oxygen atoms in total. The summed E-state index contributed by atoms with van der Waals surface area (Å²) < 4.78 is 21.4. The van der Waals surface area contributed by atoms with E-state index in [1.54, 1.807) is 6.92 Å². The molecule has 4 aliphatic rings. The minimum Gasteiger partial charge on any atom is -0.374 e. The number of hydrazine groups is 1. The van der Waals surface area contributed by atoms with Crippen LogP contribution in [0.1, 0.15) is 50.8 Å². The predicted molar refractivity (Wildman–Crippen MR) is 120 cm³/mol. The molecule has 5 rings (SSSR count). The van der Waals surface area contributed by atoms with Crippen molar-refractivity contribution < 1.29 is 23.9 Å². The van der Waals surface area contributed by atoms with Gasteiger partial charge in [0.1, 0.15) is 5.82 Å². The van der Waals surface area contributed by atoms with Crippen LogP contribution in [-0.4, -0.2) is 64.4 Å². The molecule has 0 spiro atoms. The standard InChI is InChI=1S/C23H33FN6O4/c1-13-25-21(27-28-23(32)15(9-30(33)12-31)8-14-4-2-3-5-14)20(24)22(26-13)29-10-16-17(11-29)19-7-6-18(16)34-19/h12,14-19,33H,2-11H2,1H3,(H,28,32)(H,25,26,27)/t15-,16-,17+,18?,19?/m1/s1. The Labute approximate surface area is 198 Å². The van der Waals surface area contributed by atoms with Gasteiger partial charge >= 0.3 is 0 Å². The number of amides is 2. The summed E-state index contributed by atoms with van der Waals surface area (Å²) >= 11 is 0. The van der Waals surface area contributed by atoms with Crippen molar-refractivity contribution in [1.29, 1.82) is 0 Å². The van der Waals surface area contributed by atoms with Crippen LogP contribution in [0.5, 0.6) is 0 Å². The molecule has 2 unspecified atom stereocenters. The van der Waals surface area contributed by atoms with E-state index in [2.05, 4.69) is 20.8 Å². The third-order valence-electron chi connectivity index (χ3n) is 7.99. The topological polar surface area (TPSA) is 120 Å². The van der Waals surface area contributed by atoms with E-state index < -0.39 is 17.6 Å². The minimum absolute atomic E-state index is 0.0945. The first-order valence-corrected chi connectivity index (χ1v) is 12.3. The molecule has 1 aromatic rings. The number of carbonyl (C=O) groups excluding carboxylic acids is 2. The molecular formula is C23H33FN6O4. The van der Waals surface area contributed by atoms with Crippen molar-refractivity contribution in [2.24, 2.45) is 23.7 Å². The fraction of sp³-hybridized carbons (Fsp3) is 0.739. The Morgan fingerprint density at radius 3 is 2.56 bits per heavy atom. The van der Waals surface area contributed by atoms with Gasteiger partial charge in [-0.2, -0.15) is 4.39 Å². The lowest BCUT2D eigenvalue weighted by Crippen LogP contribution is -2.41. The Kier molecular flexibility index (Phi) is 6.57. The zero-order chi connectivity index (χ0) is 23.8. The van der Waals surface area contributed by atoms with E-state index in [1.165, 1.54) is 0 Å². The van der Waals surface area contributed by atoms with Gasteiger partial charge in [0, 0.05) is 24.9 Å². The smallest absolute Gasteiger partial charge is 0.243 e. The van der Waals surface area contributed by atoms with Gasteiger partial charge in [-0.3, -0.25) is 25.6 Å². The van der Waals surface area contributed by atoms with Crippen molar-refractivity contribution in [3.63, 3.8) is 0 Å². The third kappa shape index (κ3) is 4.55. The van der Waals surface area contributed by atoms with Crippen molar-refractivity contribution in [1.82, 2.24) is 20.5 Å². The maximum atomic E-state index is 15.4. The SMILES string of the molecule is Cc1nc(NNC(=O)[C@H](CC2CCCC2)CN(O)C=O)c(F)c(N2C[C@@H]3C4CCC(O4)[C@@H]3C2)n1. The first-order valence-electron chi connectivity index (χ1n) is 12.3. The van der Waals surface area contributed by atoms with Gasteiger partial charge in [-0.25, -0.2) is 15.0 Å². The predicted octanol–water partition coefficient (Wildman–Crippen LogP) is 2.02. The highest BCUT2D eigenvalue weighted by molar-refractivity contribution is 5.80. The van der Waals surface area contributed by atoms with Crippen LogP contribution in [0.3, 0.4) is 0 Å². The number of ether oxygens (including phenoxy) is 1. The number of hydroxylamine groups is 2. The van der Waals surface area contributed by atoms with Crippen LogP contribution < -0.4 is 15.8 Å². The molecule has 2 bridgehead atoms. The highest BCUT2D eigenvalue weighted by atomic mass is 19.1. The van der Waals surface area contributed by atoms with Gasteiger partial charge in [-0.05, 0) is 32.1 Å². The molecule has 1 aromatic heterocycles. The maximum Gasteiger partial charge on any atom is 0.243 e. The minimum atomic E-state index is -0.621. The monoisotopic (exact) mass is 476 g/mol. The molecule has 34 heavy (non-hydrogen) atoms. The van der Waals surface area contributed by atoms with Crippen LogP contribution in [0.25, 0.3) is 0 Å². The molecule has 4 heterocycles. The first-order chi connectivity index (χ1) is 16.4. The molecule has 2 amide bonds. The number of carbonyl (C=O) groups is 2. The van der Waals surface area contributed by atoms with Gasteiger partial charge < -0.3 is 9.64 Å². The number of nitrogens with zero attached hydrogens (tertiary/aromatic N) is 4. The molecule has 0 aromatic carbocycles. The lowest BCUT2D eigenvalue weighted by molar-refractivity contribution is -0.154. The third-order valence-corrected chi connectivity index (χ3v) is 7.99. The Morgan fingerprint density at radius 1 is 1.24 bits per heavy atom. The fourth-order valence-electron chi connectivity index (χ4n) is 6.37. The van der Waals surface area contributed by atoms with Gasteiger partial charge in [0.15, 0.2) is 11.6 Å². The van der Waals surface area contributed by atoms with E-state index in [9.17, 15) is 14.8 Å². The summed E-state index contributed by atoms with van der Waals surface area (Å²) in [6.45, 7) is 2.97. The molecule has 3 saturated heterocycles. The second-order valence-corrected chi connectivity index (χ2v) is 10.2. The number of aromatic nitrogens is 2. The summed E-state index contributed by atoms with van der Waals surface area (Å²) in [4.78, 5) is 34.3. The van der Waals surface area contributed by atoms with Gasteiger partial charge in [0.2, 0.25) is 18.1 Å². The van der Waals surface area contributed by atoms with Crippen LogP contribution in [0.2, 0.25) is 0 Å².